The molecule has 1 fully saturated rings. The second kappa shape index (κ2) is 4.78. The monoisotopic (exact) mass is 227 g/mol. The van der Waals surface area contributed by atoms with Crippen LogP contribution in [0, 0.1) is 11.6 Å². The van der Waals surface area contributed by atoms with Crippen LogP contribution in [-0.2, 0) is 0 Å². The van der Waals surface area contributed by atoms with Gasteiger partial charge in [0.25, 0.3) is 0 Å². The normalized spacial score (nSPS) is 24.7. The van der Waals surface area contributed by atoms with Crippen molar-refractivity contribution in [2.24, 2.45) is 0 Å². The first-order valence-electron chi connectivity index (χ1n) is 5.50. The third-order valence-corrected chi connectivity index (χ3v) is 3.02. The lowest BCUT2D eigenvalue weighted by Crippen LogP contribution is -2.36. The summed E-state index contributed by atoms with van der Waals surface area (Å²) in [6.45, 7) is 0. The summed E-state index contributed by atoms with van der Waals surface area (Å²) in [4.78, 5) is 0. The van der Waals surface area contributed by atoms with E-state index in [1.165, 1.54) is 12.1 Å². The summed E-state index contributed by atoms with van der Waals surface area (Å²) in [5, 5.41) is 3.13. The van der Waals surface area contributed by atoms with E-state index in [2.05, 4.69) is 5.32 Å². The molecule has 88 valence electrons. The summed E-state index contributed by atoms with van der Waals surface area (Å²) in [5.41, 5.74) is 0. The Bertz CT molecular complexity index is 370. The molecule has 1 aromatic carbocycles. The third kappa shape index (κ3) is 2.16. The molecule has 0 bridgehead atoms. The summed E-state index contributed by atoms with van der Waals surface area (Å²) < 4.78 is 31.8. The average Bonchev–Trinajstić information content (AvgIpc) is 2.72. The fourth-order valence-corrected chi connectivity index (χ4v) is 2.14. The molecule has 0 radical (unpaired) electrons. The van der Waals surface area contributed by atoms with Gasteiger partial charge in [-0.15, -0.1) is 0 Å². The Morgan fingerprint density at radius 2 is 2.12 bits per heavy atom. The number of ether oxygens (including phenoxy) is 1. The maximum absolute atomic E-state index is 13.4. The SMILES string of the molecule is CNC1CCCC1Oc1cccc(F)c1F. The van der Waals surface area contributed by atoms with Crippen LogP contribution in [0.4, 0.5) is 8.78 Å². The molecule has 0 spiro atoms. The van der Waals surface area contributed by atoms with Gasteiger partial charge in [-0.1, -0.05) is 6.07 Å². The van der Waals surface area contributed by atoms with Gasteiger partial charge < -0.3 is 10.1 Å². The highest BCUT2D eigenvalue weighted by Gasteiger charge is 2.28. The van der Waals surface area contributed by atoms with E-state index >= 15 is 0 Å². The maximum Gasteiger partial charge on any atom is 0.200 e. The molecule has 0 aliphatic heterocycles. The van der Waals surface area contributed by atoms with Crippen molar-refractivity contribution in [3.63, 3.8) is 0 Å². The van der Waals surface area contributed by atoms with Crippen molar-refractivity contribution >= 4 is 0 Å². The number of benzene rings is 1. The van der Waals surface area contributed by atoms with Gasteiger partial charge in [0.15, 0.2) is 11.6 Å². The molecule has 1 aliphatic carbocycles. The first kappa shape index (κ1) is 11.3. The highest BCUT2D eigenvalue weighted by molar-refractivity contribution is 5.25. The average molecular weight is 227 g/mol. The Morgan fingerprint density at radius 3 is 2.88 bits per heavy atom. The summed E-state index contributed by atoms with van der Waals surface area (Å²) in [6.07, 6.45) is 2.87. The number of nitrogens with one attached hydrogen (secondary N) is 1. The molecule has 1 saturated carbocycles. The first-order chi connectivity index (χ1) is 7.72. The third-order valence-electron chi connectivity index (χ3n) is 3.02. The summed E-state index contributed by atoms with van der Waals surface area (Å²) in [6, 6.07) is 4.23. The van der Waals surface area contributed by atoms with Gasteiger partial charge in [-0.05, 0) is 38.4 Å². The molecular weight excluding hydrogens is 212 g/mol. The largest absolute Gasteiger partial charge is 0.486 e. The molecule has 2 rings (SSSR count). The van der Waals surface area contributed by atoms with Gasteiger partial charge in [0, 0.05) is 6.04 Å². The number of hydrogen-bond acceptors (Lipinski definition) is 2. The van der Waals surface area contributed by atoms with Crippen molar-refractivity contribution in [2.45, 2.75) is 31.4 Å². The molecule has 2 nitrogen and oxygen atoms in total. The Kier molecular flexibility index (Phi) is 3.39. The van der Waals surface area contributed by atoms with Crippen LogP contribution in [0.25, 0.3) is 0 Å². The van der Waals surface area contributed by atoms with Crippen LogP contribution in [0.15, 0.2) is 18.2 Å². The lowest BCUT2D eigenvalue weighted by atomic mass is 10.2. The molecule has 2 atom stereocenters. The fourth-order valence-electron chi connectivity index (χ4n) is 2.14. The lowest BCUT2D eigenvalue weighted by Gasteiger charge is -2.20. The standard InChI is InChI=1S/C12H15F2NO/c1-15-9-5-3-6-10(9)16-11-7-2-4-8(13)12(11)14/h2,4,7,9-10,15H,3,5-6H2,1H3. The Hall–Kier alpha value is -1.16. The summed E-state index contributed by atoms with van der Waals surface area (Å²) in [5.74, 6) is -1.76. The van der Waals surface area contributed by atoms with Gasteiger partial charge in [0.2, 0.25) is 5.82 Å². The van der Waals surface area contributed by atoms with Gasteiger partial charge in [-0.25, -0.2) is 4.39 Å². The zero-order chi connectivity index (χ0) is 11.5. The molecule has 1 aromatic rings. The van der Waals surface area contributed by atoms with Gasteiger partial charge in [-0.3, -0.25) is 0 Å². The van der Waals surface area contributed by atoms with Crippen LogP contribution in [0.2, 0.25) is 0 Å². The smallest absolute Gasteiger partial charge is 0.200 e. The predicted octanol–water partition coefficient (Wildman–Crippen LogP) is 2.48. The Balaban J connectivity index is 2.11. The van der Waals surface area contributed by atoms with E-state index in [4.69, 9.17) is 4.74 Å². The van der Waals surface area contributed by atoms with E-state index in [0.717, 1.165) is 25.3 Å². The summed E-state index contributed by atoms with van der Waals surface area (Å²) >= 11 is 0. The van der Waals surface area contributed by atoms with E-state index in [1.807, 2.05) is 7.05 Å². The molecule has 16 heavy (non-hydrogen) atoms. The van der Waals surface area contributed by atoms with Gasteiger partial charge in [0.1, 0.15) is 6.10 Å². The zero-order valence-electron chi connectivity index (χ0n) is 9.17. The Labute approximate surface area is 93.6 Å². The number of rotatable bonds is 3. The van der Waals surface area contributed by atoms with Crippen LogP contribution in [-0.4, -0.2) is 19.2 Å². The van der Waals surface area contributed by atoms with Crippen molar-refractivity contribution in [3.05, 3.63) is 29.8 Å². The lowest BCUT2D eigenvalue weighted by molar-refractivity contribution is 0.169. The van der Waals surface area contributed by atoms with Crippen LogP contribution < -0.4 is 10.1 Å². The second-order valence-corrected chi connectivity index (χ2v) is 4.03. The first-order valence-corrected chi connectivity index (χ1v) is 5.50. The molecular formula is C12H15F2NO. The van der Waals surface area contributed by atoms with E-state index in [0.29, 0.717) is 0 Å². The van der Waals surface area contributed by atoms with E-state index in [9.17, 15) is 8.78 Å². The van der Waals surface area contributed by atoms with Crippen LogP contribution in [0.5, 0.6) is 5.75 Å². The quantitative estimate of drug-likeness (QED) is 0.856. The molecule has 2 unspecified atom stereocenters. The van der Waals surface area contributed by atoms with Gasteiger partial charge >= 0.3 is 0 Å². The number of likely N-dealkylation sites (N-methyl/N-ethyl adjacent to an activating group) is 1. The molecule has 1 aliphatic rings. The minimum atomic E-state index is -0.899. The van der Waals surface area contributed by atoms with Crippen LogP contribution in [0.1, 0.15) is 19.3 Å². The van der Waals surface area contributed by atoms with Crippen molar-refractivity contribution < 1.29 is 13.5 Å². The highest BCUT2D eigenvalue weighted by atomic mass is 19.2. The molecule has 1 N–H and O–H groups in total. The minimum Gasteiger partial charge on any atom is -0.486 e. The molecule has 0 aromatic heterocycles. The second-order valence-electron chi connectivity index (χ2n) is 4.03. The molecule has 0 amide bonds. The van der Waals surface area contributed by atoms with Crippen molar-refractivity contribution in [2.75, 3.05) is 7.05 Å². The van der Waals surface area contributed by atoms with E-state index < -0.39 is 11.6 Å². The fraction of sp³-hybridized carbons (Fsp3) is 0.500. The molecule has 4 heteroatoms. The number of halogens is 2. The summed E-state index contributed by atoms with van der Waals surface area (Å²) in [7, 11) is 1.86. The van der Waals surface area contributed by atoms with Crippen molar-refractivity contribution in [3.8, 4) is 5.75 Å². The van der Waals surface area contributed by atoms with Crippen molar-refractivity contribution in [1.82, 2.24) is 5.32 Å². The van der Waals surface area contributed by atoms with Gasteiger partial charge in [0.05, 0.1) is 0 Å². The Morgan fingerprint density at radius 1 is 1.31 bits per heavy atom. The van der Waals surface area contributed by atoms with E-state index in [1.54, 1.807) is 0 Å². The van der Waals surface area contributed by atoms with Gasteiger partial charge in [-0.2, -0.15) is 4.39 Å². The maximum atomic E-state index is 13.4. The molecule has 0 saturated heterocycles. The van der Waals surface area contributed by atoms with Crippen LogP contribution >= 0.6 is 0 Å². The zero-order valence-corrected chi connectivity index (χ0v) is 9.17. The highest BCUT2D eigenvalue weighted by Crippen LogP contribution is 2.27. The molecule has 0 heterocycles. The van der Waals surface area contributed by atoms with E-state index in [-0.39, 0.29) is 17.9 Å². The van der Waals surface area contributed by atoms with Crippen molar-refractivity contribution in [1.29, 1.82) is 0 Å². The number of hydrogen-bond donors (Lipinski definition) is 1. The topological polar surface area (TPSA) is 21.3 Å². The van der Waals surface area contributed by atoms with Crippen LogP contribution in [0.3, 0.4) is 0 Å². The minimum absolute atomic E-state index is 0.00662. The predicted molar refractivity (Wildman–Crippen MR) is 57.5 cm³/mol.